The Hall–Kier alpha value is -2.34. The largest absolute Gasteiger partial charge is 0.468 e. The number of rotatable bonds is 6. The molecule has 2 aromatic rings. The summed E-state index contributed by atoms with van der Waals surface area (Å²) in [6, 6.07) is 11.4. The van der Waals surface area contributed by atoms with Crippen molar-refractivity contribution in [1.29, 1.82) is 0 Å². The number of aliphatic imine (C=N–C) groups is 1. The molecule has 27 heavy (non-hydrogen) atoms. The summed E-state index contributed by atoms with van der Waals surface area (Å²) in [5.41, 5.74) is 0.788. The quantitative estimate of drug-likeness (QED) is 0.605. The van der Waals surface area contributed by atoms with Crippen LogP contribution in [-0.4, -0.2) is 43.6 Å². The number of hydrogen-bond acceptors (Lipinski definition) is 3. The molecule has 1 saturated carbocycles. The van der Waals surface area contributed by atoms with E-state index in [1.165, 1.54) is 18.9 Å². The van der Waals surface area contributed by atoms with Crippen molar-refractivity contribution in [2.75, 3.05) is 26.7 Å². The second-order valence-electron chi connectivity index (χ2n) is 7.34. The molecule has 1 saturated heterocycles. The molecular formula is C21H27FN4O. The summed E-state index contributed by atoms with van der Waals surface area (Å²) in [6.45, 7) is 2.92. The summed E-state index contributed by atoms with van der Waals surface area (Å²) in [5, 5.41) is 6.87. The molecule has 4 rings (SSSR count). The third-order valence-corrected chi connectivity index (χ3v) is 5.56. The lowest BCUT2D eigenvalue weighted by molar-refractivity contribution is 0.215. The van der Waals surface area contributed by atoms with Gasteiger partial charge in [-0.05, 0) is 56.1 Å². The molecule has 0 radical (unpaired) electrons. The minimum absolute atomic E-state index is 0.123. The predicted octanol–water partition coefficient (Wildman–Crippen LogP) is 3.28. The van der Waals surface area contributed by atoms with Gasteiger partial charge in [-0.3, -0.25) is 9.89 Å². The van der Waals surface area contributed by atoms with Gasteiger partial charge in [0.2, 0.25) is 0 Å². The second kappa shape index (κ2) is 8.13. The molecule has 2 heterocycles. The first-order valence-electron chi connectivity index (χ1n) is 9.75. The molecule has 5 nitrogen and oxygen atoms in total. The molecule has 2 fully saturated rings. The molecule has 2 aliphatic rings. The van der Waals surface area contributed by atoms with Crippen molar-refractivity contribution in [3.8, 4) is 0 Å². The van der Waals surface area contributed by atoms with E-state index in [-0.39, 0.29) is 23.8 Å². The van der Waals surface area contributed by atoms with Crippen molar-refractivity contribution in [1.82, 2.24) is 15.5 Å². The fourth-order valence-electron chi connectivity index (χ4n) is 3.98. The molecule has 1 aromatic heterocycles. The first-order chi connectivity index (χ1) is 13.3. The van der Waals surface area contributed by atoms with E-state index in [0.29, 0.717) is 0 Å². The predicted molar refractivity (Wildman–Crippen MR) is 104 cm³/mol. The summed E-state index contributed by atoms with van der Waals surface area (Å²) in [7, 11) is 1.77. The molecule has 1 aliphatic carbocycles. The van der Waals surface area contributed by atoms with Crippen LogP contribution in [0.1, 0.15) is 42.5 Å². The van der Waals surface area contributed by atoms with Crippen LogP contribution in [0.4, 0.5) is 4.39 Å². The van der Waals surface area contributed by atoms with Gasteiger partial charge in [-0.15, -0.1) is 0 Å². The monoisotopic (exact) mass is 370 g/mol. The number of nitrogens with one attached hydrogen (secondary N) is 2. The van der Waals surface area contributed by atoms with Crippen LogP contribution in [0.25, 0.3) is 0 Å². The van der Waals surface area contributed by atoms with Crippen molar-refractivity contribution in [2.45, 2.75) is 37.3 Å². The maximum Gasteiger partial charge on any atom is 0.191 e. The summed E-state index contributed by atoms with van der Waals surface area (Å²) in [6.07, 6.45) is 5.12. The van der Waals surface area contributed by atoms with E-state index < -0.39 is 0 Å². The van der Waals surface area contributed by atoms with Crippen LogP contribution in [-0.2, 0) is 0 Å². The Labute approximate surface area is 159 Å². The number of halogens is 1. The maximum atomic E-state index is 14.0. The van der Waals surface area contributed by atoms with Crippen LogP contribution in [0.15, 0.2) is 52.1 Å². The first kappa shape index (κ1) is 18.0. The van der Waals surface area contributed by atoms with Gasteiger partial charge in [-0.25, -0.2) is 4.39 Å². The van der Waals surface area contributed by atoms with Crippen molar-refractivity contribution < 1.29 is 8.81 Å². The Morgan fingerprint density at radius 2 is 2.07 bits per heavy atom. The molecule has 0 bridgehead atoms. The van der Waals surface area contributed by atoms with E-state index in [4.69, 9.17) is 4.42 Å². The normalized spacial score (nSPS) is 24.0. The maximum absolute atomic E-state index is 14.0. The zero-order chi connectivity index (χ0) is 18.6. The zero-order valence-corrected chi connectivity index (χ0v) is 15.7. The third kappa shape index (κ3) is 4.16. The third-order valence-electron chi connectivity index (χ3n) is 5.56. The molecule has 144 valence electrons. The highest BCUT2D eigenvalue weighted by Gasteiger charge is 2.40. The van der Waals surface area contributed by atoms with E-state index in [0.717, 1.165) is 43.3 Å². The molecule has 6 heteroatoms. The van der Waals surface area contributed by atoms with E-state index in [9.17, 15) is 4.39 Å². The summed E-state index contributed by atoms with van der Waals surface area (Å²) < 4.78 is 19.6. The van der Waals surface area contributed by atoms with Gasteiger partial charge in [-0.2, -0.15) is 0 Å². The van der Waals surface area contributed by atoms with Crippen LogP contribution >= 0.6 is 0 Å². The highest BCUT2D eigenvalue weighted by atomic mass is 19.1. The van der Waals surface area contributed by atoms with E-state index in [1.54, 1.807) is 19.4 Å². The Bertz CT molecular complexity index is 770. The second-order valence-corrected chi connectivity index (χ2v) is 7.34. The van der Waals surface area contributed by atoms with Gasteiger partial charge in [0.1, 0.15) is 11.6 Å². The zero-order valence-electron chi connectivity index (χ0n) is 15.7. The molecule has 1 aromatic carbocycles. The minimum atomic E-state index is -0.123. The van der Waals surface area contributed by atoms with E-state index >= 15 is 0 Å². The lowest BCUT2D eigenvalue weighted by Crippen LogP contribution is -2.43. The molecular weight excluding hydrogens is 343 g/mol. The Morgan fingerprint density at radius 3 is 2.78 bits per heavy atom. The van der Waals surface area contributed by atoms with Gasteiger partial charge in [-0.1, -0.05) is 18.2 Å². The number of hydrogen-bond donors (Lipinski definition) is 2. The van der Waals surface area contributed by atoms with E-state index in [1.807, 2.05) is 24.3 Å². The van der Waals surface area contributed by atoms with Crippen LogP contribution in [0.5, 0.6) is 0 Å². The van der Waals surface area contributed by atoms with Gasteiger partial charge in [0.25, 0.3) is 0 Å². The highest BCUT2D eigenvalue weighted by molar-refractivity contribution is 5.80. The smallest absolute Gasteiger partial charge is 0.191 e. The SMILES string of the molecule is CN=C(NCC(c1ccco1)N1CCCC1)NC1CC1c1ccccc1F. The average molecular weight is 370 g/mol. The van der Waals surface area contributed by atoms with Gasteiger partial charge < -0.3 is 15.1 Å². The molecule has 1 aliphatic heterocycles. The Morgan fingerprint density at radius 1 is 1.26 bits per heavy atom. The van der Waals surface area contributed by atoms with Gasteiger partial charge in [0.15, 0.2) is 5.96 Å². The molecule has 0 amide bonds. The van der Waals surface area contributed by atoms with Crippen molar-refractivity contribution in [3.05, 3.63) is 59.8 Å². The highest BCUT2D eigenvalue weighted by Crippen LogP contribution is 2.41. The molecule has 0 spiro atoms. The standard InChI is InChI=1S/C21H27FN4O/c1-23-21(25-18-13-16(18)15-7-2-3-8-17(15)22)24-14-19(20-9-6-12-27-20)26-10-4-5-11-26/h2-3,6-9,12,16,18-19H,4-5,10-11,13-14H2,1H3,(H2,23,24,25). The summed E-state index contributed by atoms with van der Waals surface area (Å²) in [4.78, 5) is 6.81. The fraction of sp³-hybridized carbons (Fsp3) is 0.476. The fourth-order valence-corrected chi connectivity index (χ4v) is 3.98. The van der Waals surface area contributed by atoms with Crippen LogP contribution in [0, 0.1) is 5.82 Å². The number of guanidine groups is 1. The lowest BCUT2D eigenvalue weighted by atomic mass is 10.1. The van der Waals surface area contributed by atoms with Crippen molar-refractivity contribution >= 4 is 5.96 Å². The van der Waals surface area contributed by atoms with Gasteiger partial charge in [0.05, 0.1) is 12.3 Å². The number of furan rings is 1. The number of likely N-dealkylation sites (tertiary alicyclic amines) is 1. The average Bonchev–Trinajstić information content (AvgIpc) is 3.10. The molecule has 3 atom stereocenters. The van der Waals surface area contributed by atoms with Crippen LogP contribution < -0.4 is 10.6 Å². The Balaban J connectivity index is 1.34. The van der Waals surface area contributed by atoms with Crippen LogP contribution in [0.2, 0.25) is 0 Å². The topological polar surface area (TPSA) is 52.8 Å². The van der Waals surface area contributed by atoms with Crippen LogP contribution in [0.3, 0.4) is 0 Å². The summed E-state index contributed by atoms with van der Waals surface area (Å²) in [5.74, 6) is 1.83. The number of nitrogens with zero attached hydrogens (tertiary/aromatic N) is 2. The van der Waals surface area contributed by atoms with Crippen molar-refractivity contribution in [2.24, 2.45) is 4.99 Å². The summed E-state index contributed by atoms with van der Waals surface area (Å²) >= 11 is 0. The molecule has 3 unspecified atom stereocenters. The van der Waals surface area contributed by atoms with E-state index in [2.05, 4.69) is 20.5 Å². The number of benzene rings is 1. The lowest BCUT2D eigenvalue weighted by Gasteiger charge is -2.26. The van der Waals surface area contributed by atoms with Gasteiger partial charge >= 0.3 is 0 Å². The van der Waals surface area contributed by atoms with Gasteiger partial charge in [0, 0.05) is 25.6 Å². The molecule has 2 N–H and O–H groups in total. The minimum Gasteiger partial charge on any atom is -0.468 e. The first-order valence-corrected chi connectivity index (χ1v) is 9.75. The van der Waals surface area contributed by atoms with Crippen molar-refractivity contribution in [3.63, 3.8) is 0 Å². The Kier molecular flexibility index (Phi) is 5.43.